The first-order chi connectivity index (χ1) is 14.9. The Labute approximate surface area is 178 Å². The number of carbonyl (C=O) groups excluding carboxylic acids is 1. The van der Waals surface area contributed by atoms with Gasteiger partial charge in [-0.15, -0.1) is 0 Å². The molecule has 4 rings (SSSR count). The van der Waals surface area contributed by atoms with Gasteiger partial charge in [0.15, 0.2) is 23.1 Å². The monoisotopic (exact) mass is 433 g/mol. The number of piperidine rings is 1. The summed E-state index contributed by atoms with van der Waals surface area (Å²) >= 11 is 0. The topological polar surface area (TPSA) is 95.7 Å². The van der Waals surface area contributed by atoms with Crippen LogP contribution in [0.4, 0.5) is 8.78 Å². The van der Waals surface area contributed by atoms with Crippen molar-refractivity contribution in [2.24, 2.45) is 5.92 Å². The van der Waals surface area contributed by atoms with Crippen LogP contribution in [-0.4, -0.2) is 52.2 Å². The van der Waals surface area contributed by atoms with Crippen LogP contribution in [0, 0.1) is 17.6 Å². The van der Waals surface area contributed by atoms with E-state index >= 15 is 0 Å². The molecule has 1 saturated heterocycles. The molecule has 0 spiro atoms. The lowest BCUT2D eigenvalue weighted by Gasteiger charge is -2.42. The standard InChI is InChI=1S/C22H25F2N3O4/c23-16-8-4-7-14(20(16)24)19-11-18(26-31-19)21(28)25-17-9-10-27(12-15(17)22(29)30)13-5-2-1-3-6-13/h4,7-8,11,13,15,17H,1-3,5-6,9-10,12H2,(H,25,28)(H,29,30)/t15-,17-/m0/s1. The summed E-state index contributed by atoms with van der Waals surface area (Å²) in [5.74, 6) is -4.49. The van der Waals surface area contributed by atoms with Crippen molar-refractivity contribution >= 4 is 11.9 Å². The van der Waals surface area contributed by atoms with Gasteiger partial charge in [0.2, 0.25) is 0 Å². The van der Waals surface area contributed by atoms with Gasteiger partial charge in [-0.05, 0) is 31.4 Å². The highest BCUT2D eigenvalue weighted by Gasteiger charge is 2.38. The third-order valence-corrected chi connectivity index (χ3v) is 6.33. The van der Waals surface area contributed by atoms with E-state index in [0.29, 0.717) is 19.0 Å². The first kappa shape index (κ1) is 21.4. The van der Waals surface area contributed by atoms with Gasteiger partial charge in [0, 0.05) is 31.2 Å². The predicted molar refractivity (Wildman–Crippen MR) is 107 cm³/mol. The molecule has 1 aromatic carbocycles. The number of carboxylic acid groups (broad SMARTS) is 1. The second-order valence-corrected chi connectivity index (χ2v) is 8.28. The predicted octanol–water partition coefficient (Wildman–Crippen LogP) is 3.46. The first-order valence-corrected chi connectivity index (χ1v) is 10.6. The van der Waals surface area contributed by atoms with Gasteiger partial charge in [-0.2, -0.15) is 0 Å². The third kappa shape index (κ3) is 4.61. The summed E-state index contributed by atoms with van der Waals surface area (Å²) in [6.07, 6.45) is 6.25. The van der Waals surface area contributed by atoms with Crippen LogP contribution in [0.25, 0.3) is 11.3 Å². The number of aliphatic carboxylic acids is 1. The van der Waals surface area contributed by atoms with Crippen molar-refractivity contribution in [1.82, 2.24) is 15.4 Å². The molecular formula is C22H25F2N3O4. The van der Waals surface area contributed by atoms with Crippen molar-refractivity contribution in [3.63, 3.8) is 0 Å². The Morgan fingerprint density at radius 1 is 1.16 bits per heavy atom. The number of benzene rings is 1. The van der Waals surface area contributed by atoms with Crippen LogP contribution < -0.4 is 5.32 Å². The quantitative estimate of drug-likeness (QED) is 0.750. The van der Waals surface area contributed by atoms with Crippen molar-refractivity contribution < 1.29 is 28.0 Å². The SMILES string of the molecule is O=C(N[C@H]1CCN(C2CCCCC2)C[C@@H]1C(=O)O)c1cc(-c2cccc(F)c2F)on1. The van der Waals surface area contributed by atoms with Gasteiger partial charge in [-0.3, -0.25) is 14.5 Å². The highest BCUT2D eigenvalue weighted by Crippen LogP contribution is 2.28. The summed E-state index contributed by atoms with van der Waals surface area (Å²) in [7, 11) is 0. The molecule has 1 aromatic heterocycles. The number of likely N-dealkylation sites (tertiary alicyclic amines) is 1. The first-order valence-electron chi connectivity index (χ1n) is 10.6. The Kier molecular flexibility index (Phi) is 6.31. The summed E-state index contributed by atoms with van der Waals surface area (Å²) < 4.78 is 32.4. The lowest BCUT2D eigenvalue weighted by Crippen LogP contribution is -2.56. The molecule has 2 aromatic rings. The second-order valence-electron chi connectivity index (χ2n) is 8.28. The van der Waals surface area contributed by atoms with E-state index in [9.17, 15) is 23.5 Å². The number of carboxylic acids is 1. The van der Waals surface area contributed by atoms with Gasteiger partial charge in [-0.25, -0.2) is 8.78 Å². The summed E-state index contributed by atoms with van der Waals surface area (Å²) in [5, 5.41) is 16.1. The molecule has 0 bridgehead atoms. The fourth-order valence-electron chi connectivity index (χ4n) is 4.62. The Morgan fingerprint density at radius 2 is 1.94 bits per heavy atom. The maximum Gasteiger partial charge on any atom is 0.309 e. The number of carbonyl (C=O) groups is 2. The molecule has 0 radical (unpaired) electrons. The molecule has 2 heterocycles. The number of rotatable bonds is 5. The summed E-state index contributed by atoms with van der Waals surface area (Å²) in [4.78, 5) is 26.8. The number of hydrogen-bond acceptors (Lipinski definition) is 5. The summed E-state index contributed by atoms with van der Waals surface area (Å²) in [6.45, 7) is 1.11. The van der Waals surface area contributed by atoms with Gasteiger partial charge < -0.3 is 14.9 Å². The van der Waals surface area contributed by atoms with Crippen LogP contribution in [0.2, 0.25) is 0 Å². The number of nitrogens with one attached hydrogen (secondary N) is 1. The molecule has 1 amide bonds. The summed E-state index contributed by atoms with van der Waals surface area (Å²) in [5.41, 5.74) is -0.256. The van der Waals surface area contributed by atoms with Crippen LogP contribution in [0.3, 0.4) is 0 Å². The van der Waals surface area contributed by atoms with E-state index < -0.39 is 35.5 Å². The number of halogens is 2. The molecule has 2 atom stereocenters. The van der Waals surface area contributed by atoms with Crippen LogP contribution in [0.15, 0.2) is 28.8 Å². The highest BCUT2D eigenvalue weighted by molar-refractivity contribution is 5.93. The van der Waals surface area contributed by atoms with Gasteiger partial charge in [0.05, 0.1) is 11.5 Å². The van der Waals surface area contributed by atoms with Gasteiger partial charge >= 0.3 is 5.97 Å². The molecular weight excluding hydrogens is 408 g/mol. The van der Waals surface area contributed by atoms with E-state index in [1.54, 1.807) is 0 Å². The zero-order valence-corrected chi connectivity index (χ0v) is 17.0. The maximum atomic E-state index is 14.0. The zero-order chi connectivity index (χ0) is 22.0. The Balaban J connectivity index is 1.43. The van der Waals surface area contributed by atoms with E-state index in [0.717, 1.165) is 25.5 Å². The lowest BCUT2D eigenvalue weighted by atomic mass is 9.87. The van der Waals surface area contributed by atoms with Crippen molar-refractivity contribution in [2.75, 3.05) is 13.1 Å². The van der Waals surface area contributed by atoms with Crippen molar-refractivity contribution in [3.05, 3.63) is 41.6 Å². The Bertz CT molecular complexity index is 958. The minimum absolute atomic E-state index is 0.0796. The number of nitrogens with zero attached hydrogens (tertiary/aromatic N) is 2. The molecule has 2 fully saturated rings. The molecule has 9 heteroatoms. The minimum Gasteiger partial charge on any atom is -0.481 e. The molecule has 31 heavy (non-hydrogen) atoms. The normalized spacial score (nSPS) is 22.9. The van der Waals surface area contributed by atoms with Gasteiger partial charge in [0.1, 0.15) is 0 Å². The highest BCUT2D eigenvalue weighted by atomic mass is 19.2. The van der Waals surface area contributed by atoms with Crippen LogP contribution in [0.1, 0.15) is 49.0 Å². The van der Waals surface area contributed by atoms with E-state index in [4.69, 9.17) is 4.52 Å². The maximum absolute atomic E-state index is 14.0. The van der Waals surface area contributed by atoms with Crippen LogP contribution in [-0.2, 0) is 4.79 Å². The largest absolute Gasteiger partial charge is 0.481 e. The van der Waals surface area contributed by atoms with E-state index in [2.05, 4.69) is 15.4 Å². The van der Waals surface area contributed by atoms with Crippen LogP contribution >= 0.6 is 0 Å². The van der Waals surface area contributed by atoms with Crippen molar-refractivity contribution in [1.29, 1.82) is 0 Å². The molecule has 0 unspecified atom stereocenters. The molecule has 166 valence electrons. The smallest absolute Gasteiger partial charge is 0.309 e. The molecule has 1 aliphatic heterocycles. The molecule has 1 saturated carbocycles. The summed E-state index contributed by atoms with van der Waals surface area (Å²) in [6, 6.07) is 4.71. The molecule has 2 N–H and O–H groups in total. The van der Waals surface area contributed by atoms with Gasteiger partial charge in [0.25, 0.3) is 5.91 Å². The zero-order valence-electron chi connectivity index (χ0n) is 17.0. The number of amides is 1. The Hall–Kier alpha value is -2.81. The van der Waals surface area contributed by atoms with Crippen molar-refractivity contribution in [3.8, 4) is 11.3 Å². The molecule has 2 aliphatic rings. The lowest BCUT2D eigenvalue weighted by molar-refractivity contribution is -0.145. The fraction of sp³-hybridized carbons (Fsp3) is 0.500. The fourth-order valence-corrected chi connectivity index (χ4v) is 4.62. The van der Waals surface area contributed by atoms with Gasteiger partial charge in [-0.1, -0.05) is 30.5 Å². The van der Waals surface area contributed by atoms with E-state index in [1.807, 2.05) is 0 Å². The average Bonchev–Trinajstić information content (AvgIpc) is 3.26. The number of aromatic nitrogens is 1. The third-order valence-electron chi connectivity index (χ3n) is 6.33. The van der Waals surface area contributed by atoms with E-state index in [1.165, 1.54) is 37.5 Å². The van der Waals surface area contributed by atoms with E-state index in [-0.39, 0.29) is 17.0 Å². The number of hydrogen-bond donors (Lipinski definition) is 2. The van der Waals surface area contributed by atoms with Crippen LogP contribution in [0.5, 0.6) is 0 Å². The second kappa shape index (κ2) is 9.13. The molecule has 7 nitrogen and oxygen atoms in total. The van der Waals surface area contributed by atoms with Crippen molar-refractivity contribution in [2.45, 2.75) is 50.6 Å². The minimum atomic E-state index is -1.09. The average molecular weight is 433 g/mol. The Morgan fingerprint density at radius 3 is 2.68 bits per heavy atom. The molecule has 1 aliphatic carbocycles.